The van der Waals surface area contributed by atoms with E-state index in [4.69, 9.17) is 0 Å². The molecule has 5 nitrogen and oxygen atoms in total. The first-order valence-electron chi connectivity index (χ1n) is 5.89. The highest BCUT2D eigenvalue weighted by molar-refractivity contribution is 7.99. The summed E-state index contributed by atoms with van der Waals surface area (Å²) >= 11 is 1.49. The molecule has 100 valence electrons. The average Bonchev–Trinajstić information content (AvgIpc) is 2.37. The van der Waals surface area contributed by atoms with Crippen LogP contribution in [-0.2, 0) is 0 Å². The van der Waals surface area contributed by atoms with Crippen LogP contribution in [0.1, 0.15) is 13.3 Å². The normalized spacial score (nSPS) is 12.3. The lowest BCUT2D eigenvalue weighted by Crippen LogP contribution is -2.28. The van der Waals surface area contributed by atoms with Crippen molar-refractivity contribution in [3.63, 3.8) is 0 Å². The summed E-state index contributed by atoms with van der Waals surface area (Å²) in [5, 5.41) is 23.3. The van der Waals surface area contributed by atoms with Crippen molar-refractivity contribution in [1.82, 2.24) is 5.32 Å². The Morgan fingerprint density at radius 3 is 2.67 bits per heavy atom. The Kier molecular flexibility index (Phi) is 6.70. The van der Waals surface area contributed by atoms with E-state index in [1.165, 1.54) is 23.9 Å². The minimum atomic E-state index is -0.419. The van der Waals surface area contributed by atoms with Gasteiger partial charge in [-0.05, 0) is 25.1 Å². The monoisotopic (exact) mass is 270 g/mol. The molecule has 0 amide bonds. The largest absolute Gasteiger partial charge is 0.391 e. The molecule has 0 saturated heterocycles. The van der Waals surface area contributed by atoms with Gasteiger partial charge in [-0.2, -0.15) is 0 Å². The Hall–Kier alpha value is -1.11. The Labute approximate surface area is 111 Å². The number of hydrogen-bond acceptors (Lipinski definition) is 5. The van der Waals surface area contributed by atoms with E-state index in [1.807, 2.05) is 0 Å². The number of nitrogens with zero attached hydrogens (tertiary/aromatic N) is 1. The molecule has 0 aliphatic rings. The molecule has 1 aromatic carbocycles. The van der Waals surface area contributed by atoms with Crippen LogP contribution in [0.25, 0.3) is 0 Å². The van der Waals surface area contributed by atoms with Crippen LogP contribution in [0.5, 0.6) is 0 Å². The first-order valence-corrected chi connectivity index (χ1v) is 6.88. The number of nitro benzene ring substituents is 1. The van der Waals surface area contributed by atoms with Crippen LogP contribution in [0.4, 0.5) is 5.69 Å². The molecule has 6 heteroatoms. The molecule has 1 rings (SSSR count). The molecule has 2 N–H and O–H groups in total. The molecule has 1 aromatic rings. The Bertz CT molecular complexity index is 370. The summed E-state index contributed by atoms with van der Waals surface area (Å²) in [4.78, 5) is 11.0. The topological polar surface area (TPSA) is 75.4 Å². The van der Waals surface area contributed by atoms with Crippen LogP contribution in [0.2, 0.25) is 0 Å². The van der Waals surface area contributed by atoms with Gasteiger partial charge in [0.15, 0.2) is 0 Å². The maximum Gasteiger partial charge on any atom is 0.269 e. The molecule has 0 radical (unpaired) electrons. The van der Waals surface area contributed by atoms with Crippen LogP contribution in [0, 0.1) is 10.1 Å². The quantitative estimate of drug-likeness (QED) is 0.327. The number of nitro groups is 1. The van der Waals surface area contributed by atoms with E-state index in [0.29, 0.717) is 12.3 Å². The molecule has 0 fully saturated rings. The SMILES string of the molecule is CCCNCC(O)CSc1ccc([N+](=O)[O-])cc1. The highest BCUT2D eigenvalue weighted by Crippen LogP contribution is 2.21. The lowest BCUT2D eigenvalue weighted by molar-refractivity contribution is -0.384. The molecule has 1 atom stereocenters. The Morgan fingerprint density at radius 1 is 1.44 bits per heavy atom. The number of aliphatic hydroxyl groups is 1. The maximum atomic E-state index is 10.5. The minimum absolute atomic E-state index is 0.0875. The van der Waals surface area contributed by atoms with Crippen molar-refractivity contribution < 1.29 is 10.0 Å². The van der Waals surface area contributed by atoms with Gasteiger partial charge in [0, 0.05) is 29.3 Å². The fraction of sp³-hybridized carbons (Fsp3) is 0.500. The number of benzene rings is 1. The fourth-order valence-electron chi connectivity index (χ4n) is 1.36. The second-order valence-corrected chi connectivity index (χ2v) is 5.01. The van der Waals surface area contributed by atoms with Crippen LogP contribution < -0.4 is 5.32 Å². The van der Waals surface area contributed by atoms with E-state index in [9.17, 15) is 15.2 Å². The number of non-ortho nitro benzene ring substituents is 1. The summed E-state index contributed by atoms with van der Waals surface area (Å²) in [6, 6.07) is 6.36. The van der Waals surface area contributed by atoms with Gasteiger partial charge in [0.05, 0.1) is 11.0 Å². The molecule has 0 aromatic heterocycles. The van der Waals surface area contributed by atoms with Gasteiger partial charge in [-0.3, -0.25) is 10.1 Å². The lowest BCUT2D eigenvalue weighted by Gasteiger charge is -2.10. The van der Waals surface area contributed by atoms with Crippen molar-refractivity contribution in [1.29, 1.82) is 0 Å². The van der Waals surface area contributed by atoms with Crippen molar-refractivity contribution in [3.05, 3.63) is 34.4 Å². The molecule has 0 heterocycles. The first-order chi connectivity index (χ1) is 8.63. The Morgan fingerprint density at radius 2 is 2.11 bits per heavy atom. The lowest BCUT2D eigenvalue weighted by atomic mass is 10.3. The second kappa shape index (κ2) is 8.07. The third-order valence-electron chi connectivity index (χ3n) is 2.30. The van der Waals surface area contributed by atoms with Crippen molar-refractivity contribution >= 4 is 17.4 Å². The zero-order valence-corrected chi connectivity index (χ0v) is 11.2. The number of nitrogens with one attached hydrogen (secondary N) is 1. The highest BCUT2D eigenvalue weighted by Gasteiger charge is 2.07. The van der Waals surface area contributed by atoms with Crippen molar-refractivity contribution in [2.45, 2.75) is 24.3 Å². The van der Waals surface area contributed by atoms with Gasteiger partial charge in [-0.25, -0.2) is 0 Å². The van der Waals surface area contributed by atoms with Crippen molar-refractivity contribution in [2.24, 2.45) is 0 Å². The summed E-state index contributed by atoms with van der Waals surface area (Å²) in [5.74, 6) is 0.578. The van der Waals surface area contributed by atoms with E-state index in [-0.39, 0.29) is 5.69 Å². The molecule has 0 saturated carbocycles. The van der Waals surface area contributed by atoms with Gasteiger partial charge in [0.2, 0.25) is 0 Å². The average molecular weight is 270 g/mol. The molecule has 1 unspecified atom stereocenters. The number of thioether (sulfide) groups is 1. The van der Waals surface area contributed by atoms with Gasteiger partial charge in [0.25, 0.3) is 5.69 Å². The van der Waals surface area contributed by atoms with Gasteiger partial charge in [0.1, 0.15) is 0 Å². The van der Waals surface area contributed by atoms with E-state index in [0.717, 1.165) is 17.9 Å². The number of rotatable bonds is 8. The number of hydrogen-bond donors (Lipinski definition) is 2. The van der Waals surface area contributed by atoms with Crippen LogP contribution in [0.3, 0.4) is 0 Å². The number of aliphatic hydroxyl groups excluding tert-OH is 1. The molecule has 0 spiro atoms. The highest BCUT2D eigenvalue weighted by atomic mass is 32.2. The predicted octanol–water partition coefficient (Wildman–Crippen LogP) is 2.05. The summed E-state index contributed by atoms with van der Waals surface area (Å²) in [6.07, 6.45) is 0.638. The van der Waals surface area contributed by atoms with Gasteiger partial charge >= 0.3 is 0 Å². The van der Waals surface area contributed by atoms with Crippen molar-refractivity contribution in [3.8, 4) is 0 Å². The van der Waals surface area contributed by atoms with E-state index in [1.54, 1.807) is 12.1 Å². The molecule has 0 bridgehead atoms. The second-order valence-electron chi connectivity index (χ2n) is 3.92. The maximum absolute atomic E-state index is 10.5. The van der Waals surface area contributed by atoms with Crippen LogP contribution in [0.15, 0.2) is 29.2 Å². The van der Waals surface area contributed by atoms with E-state index >= 15 is 0 Å². The zero-order valence-electron chi connectivity index (χ0n) is 10.3. The Balaban J connectivity index is 2.32. The standard InChI is InChI=1S/C12H18N2O3S/c1-2-7-13-8-11(15)9-18-12-5-3-10(4-6-12)14(16)17/h3-6,11,13,15H,2,7-9H2,1H3. The summed E-state index contributed by atoms with van der Waals surface area (Å²) in [5.41, 5.74) is 0.0875. The van der Waals surface area contributed by atoms with E-state index in [2.05, 4.69) is 12.2 Å². The molecule has 18 heavy (non-hydrogen) atoms. The third-order valence-corrected chi connectivity index (χ3v) is 3.45. The first kappa shape index (κ1) is 14.9. The summed E-state index contributed by atoms with van der Waals surface area (Å²) in [7, 11) is 0. The molecular weight excluding hydrogens is 252 g/mol. The summed E-state index contributed by atoms with van der Waals surface area (Å²) in [6.45, 7) is 3.55. The molecular formula is C12H18N2O3S. The fourth-order valence-corrected chi connectivity index (χ4v) is 2.19. The molecule has 0 aliphatic heterocycles. The zero-order chi connectivity index (χ0) is 13.4. The van der Waals surface area contributed by atoms with Crippen molar-refractivity contribution in [2.75, 3.05) is 18.8 Å². The van der Waals surface area contributed by atoms with Crippen LogP contribution in [-0.4, -0.2) is 35.0 Å². The third kappa shape index (κ3) is 5.48. The molecule has 0 aliphatic carbocycles. The smallest absolute Gasteiger partial charge is 0.269 e. The minimum Gasteiger partial charge on any atom is -0.391 e. The summed E-state index contributed by atoms with van der Waals surface area (Å²) < 4.78 is 0. The van der Waals surface area contributed by atoms with Gasteiger partial charge < -0.3 is 10.4 Å². The van der Waals surface area contributed by atoms with E-state index < -0.39 is 11.0 Å². The predicted molar refractivity (Wildman–Crippen MR) is 73.0 cm³/mol. The van der Waals surface area contributed by atoms with Crippen LogP contribution >= 0.6 is 11.8 Å². The van der Waals surface area contributed by atoms with Gasteiger partial charge in [-0.15, -0.1) is 11.8 Å². The van der Waals surface area contributed by atoms with Gasteiger partial charge in [-0.1, -0.05) is 6.92 Å².